The number of nitrogens with one attached hydrogen (secondary N) is 1. The van der Waals surface area contributed by atoms with Gasteiger partial charge < -0.3 is 5.32 Å². The van der Waals surface area contributed by atoms with Crippen LogP contribution in [0.5, 0.6) is 0 Å². The van der Waals surface area contributed by atoms with Crippen LogP contribution in [0.2, 0.25) is 0 Å². The molecule has 122 valence electrons. The third-order valence-corrected chi connectivity index (χ3v) is 4.02. The van der Waals surface area contributed by atoms with E-state index in [1.165, 1.54) is 0 Å². The smallest absolute Gasteiger partial charge is 0.251 e. The first-order chi connectivity index (χ1) is 11.7. The van der Waals surface area contributed by atoms with E-state index in [2.05, 4.69) is 22.5 Å². The van der Waals surface area contributed by atoms with Crippen molar-refractivity contribution >= 4 is 5.91 Å². The second kappa shape index (κ2) is 7.59. The maximum absolute atomic E-state index is 12.2. The van der Waals surface area contributed by atoms with Gasteiger partial charge in [-0.3, -0.25) is 9.48 Å². The highest BCUT2D eigenvalue weighted by Crippen LogP contribution is 2.19. The van der Waals surface area contributed by atoms with E-state index in [0.29, 0.717) is 12.1 Å². The Morgan fingerprint density at radius 1 is 1.00 bits per heavy atom. The number of benzene rings is 2. The molecule has 3 aromatic rings. The number of aromatic nitrogens is 2. The Morgan fingerprint density at radius 2 is 1.71 bits per heavy atom. The molecule has 0 aliphatic carbocycles. The van der Waals surface area contributed by atoms with E-state index in [0.717, 1.165) is 29.8 Å². The molecule has 2 aromatic carbocycles. The molecule has 4 heteroatoms. The van der Waals surface area contributed by atoms with E-state index in [4.69, 9.17) is 0 Å². The quantitative estimate of drug-likeness (QED) is 0.705. The Balaban J connectivity index is 1.51. The Bertz CT molecular complexity index is 791. The number of amides is 1. The summed E-state index contributed by atoms with van der Waals surface area (Å²) in [4.78, 5) is 12.2. The molecular formula is C20H21N3O. The van der Waals surface area contributed by atoms with Gasteiger partial charge in [0.05, 0.1) is 0 Å². The third kappa shape index (κ3) is 3.90. The fourth-order valence-electron chi connectivity index (χ4n) is 2.61. The minimum absolute atomic E-state index is 0.0354. The Morgan fingerprint density at radius 3 is 2.38 bits per heavy atom. The molecule has 3 rings (SSSR count). The zero-order valence-electron chi connectivity index (χ0n) is 13.8. The lowest BCUT2D eigenvalue weighted by atomic mass is 10.0. The van der Waals surface area contributed by atoms with Gasteiger partial charge in [0.1, 0.15) is 0 Å². The lowest BCUT2D eigenvalue weighted by Gasteiger charge is -2.07. The van der Waals surface area contributed by atoms with Crippen LogP contribution >= 0.6 is 0 Å². The van der Waals surface area contributed by atoms with Crippen LogP contribution in [0.4, 0.5) is 0 Å². The van der Waals surface area contributed by atoms with Gasteiger partial charge in [0.25, 0.3) is 5.91 Å². The first kappa shape index (κ1) is 16.0. The van der Waals surface area contributed by atoms with Crippen molar-refractivity contribution in [1.29, 1.82) is 0 Å². The average Bonchev–Trinajstić information content (AvgIpc) is 3.04. The van der Waals surface area contributed by atoms with Gasteiger partial charge in [0.2, 0.25) is 0 Å². The lowest BCUT2D eigenvalue weighted by molar-refractivity contribution is 0.0952. The second-order valence-electron chi connectivity index (χ2n) is 5.75. The van der Waals surface area contributed by atoms with Gasteiger partial charge in [-0.25, -0.2) is 0 Å². The first-order valence-corrected chi connectivity index (χ1v) is 8.16. The van der Waals surface area contributed by atoms with Crippen LogP contribution in [0.15, 0.2) is 66.9 Å². The molecule has 0 saturated carbocycles. The summed E-state index contributed by atoms with van der Waals surface area (Å²) in [5.74, 6) is -0.0354. The van der Waals surface area contributed by atoms with Crippen molar-refractivity contribution in [2.45, 2.75) is 19.9 Å². The molecule has 4 nitrogen and oxygen atoms in total. The summed E-state index contributed by atoms with van der Waals surface area (Å²) in [6, 6.07) is 19.8. The fourth-order valence-corrected chi connectivity index (χ4v) is 2.61. The number of aryl methyl sites for hydroxylation is 2. The number of carbonyl (C=O) groups is 1. The molecular weight excluding hydrogens is 298 g/mol. The van der Waals surface area contributed by atoms with Crippen molar-refractivity contribution in [3.63, 3.8) is 0 Å². The molecule has 1 N–H and O–H groups in total. The predicted octanol–water partition coefficient (Wildman–Crippen LogP) is 3.68. The minimum atomic E-state index is -0.0354. The summed E-state index contributed by atoms with van der Waals surface area (Å²) < 4.78 is 1.95. The standard InChI is InChI=1S/C20H21N3O/c1-16-12-14-22-23(16)15-5-13-21-20(24)19-10-8-18(9-11-19)17-6-3-2-4-7-17/h2-4,6-12,14H,5,13,15H2,1H3,(H,21,24). The molecule has 0 spiro atoms. The van der Waals surface area contributed by atoms with Crippen LogP contribution in [0.3, 0.4) is 0 Å². The second-order valence-corrected chi connectivity index (χ2v) is 5.75. The molecule has 1 amide bonds. The molecule has 0 saturated heterocycles. The van der Waals surface area contributed by atoms with Crippen LogP contribution in [-0.4, -0.2) is 22.2 Å². The zero-order valence-corrected chi connectivity index (χ0v) is 13.8. The molecule has 0 fully saturated rings. The maximum Gasteiger partial charge on any atom is 0.251 e. The van der Waals surface area contributed by atoms with Crippen LogP contribution in [0.25, 0.3) is 11.1 Å². The van der Waals surface area contributed by atoms with E-state index < -0.39 is 0 Å². The maximum atomic E-state index is 12.2. The SMILES string of the molecule is Cc1ccnn1CCCNC(=O)c1ccc(-c2ccccc2)cc1. The van der Waals surface area contributed by atoms with Gasteiger partial charge in [0, 0.05) is 30.5 Å². The van der Waals surface area contributed by atoms with Gasteiger partial charge in [0.15, 0.2) is 0 Å². The minimum Gasteiger partial charge on any atom is -0.352 e. The summed E-state index contributed by atoms with van der Waals surface area (Å²) in [7, 11) is 0. The molecule has 0 radical (unpaired) electrons. The van der Waals surface area contributed by atoms with E-state index >= 15 is 0 Å². The van der Waals surface area contributed by atoms with Gasteiger partial charge in [-0.2, -0.15) is 5.10 Å². The average molecular weight is 319 g/mol. The predicted molar refractivity (Wildman–Crippen MR) is 95.8 cm³/mol. The van der Waals surface area contributed by atoms with Gasteiger partial charge >= 0.3 is 0 Å². The molecule has 0 bridgehead atoms. The summed E-state index contributed by atoms with van der Waals surface area (Å²) in [6.45, 7) is 3.48. The Kier molecular flexibility index (Phi) is 5.06. The third-order valence-electron chi connectivity index (χ3n) is 4.02. The monoisotopic (exact) mass is 319 g/mol. The first-order valence-electron chi connectivity index (χ1n) is 8.16. The van der Waals surface area contributed by atoms with E-state index in [1.807, 2.05) is 60.1 Å². The number of hydrogen-bond acceptors (Lipinski definition) is 2. The number of nitrogens with zero attached hydrogens (tertiary/aromatic N) is 2. The van der Waals surface area contributed by atoms with Crippen molar-refractivity contribution in [3.8, 4) is 11.1 Å². The van der Waals surface area contributed by atoms with E-state index in [-0.39, 0.29) is 5.91 Å². The van der Waals surface area contributed by atoms with Gasteiger partial charge in [-0.05, 0) is 42.7 Å². The topological polar surface area (TPSA) is 46.9 Å². The lowest BCUT2D eigenvalue weighted by Crippen LogP contribution is -2.25. The van der Waals surface area contributed by atoms with Crippen LogP contribution in [-0.2, 0) is 6.54 Å². The van der Waals surface area contributed by atoms with Gasteiger partial charge in [-0.15, -0.1) is 0 Å². The van der Waals surface area contributed by atoms with E-state index in [1.54, 1.807) is 6.20 Å². The highest BCUT2D eigenvalue weighted by atomic mass is 16.1. The highest BCUT2D eigenvalue weighted by Gasteiger charge is 2.05. The highest BCUT2D eigenvalue weighted by molar-refractivity contribution is 5.94. The normalized spacial score (nSPS) is 10.5. The Labute approximate surface area is 142 Å². The van der Waals surface area contributed by atoms with Crippen LogP contribution in [0, 0.1) is 6.92 Å². The van der Waals surface area contributed by atoms with Crippen molar-refractivity contribution in [2.75, 3.05) is 6.54 Å². The number of rotatable bonds is 6. The molecule has 0 aliphatic rings. The van der Waals surface area contributed by atoms with Crippen molar-refractivity contribution in [2.24, 2.45) is 0 Å². The molecule has 0 unspecified atom stereocenters. The van der Waals surface area contributed by atoms with Crippen molar-refractivity contribution in [3.05, 3.63) is 78.1 Å². The van der Waals surface area contributed by atoms with Crippen molar-refractivity contribution < 1.29 is 4.79 Å². The summed E-state index contributed by atoms with van der Waals surface area (Å²) >= 11 is 0. The zero-order chi connectivity index (χ0) is 16.8. The fraction of sp³-hybridized carbons (Fsp3) is 0.200. The molecule has 1 heterocycles. The van der Waals surface area contributed by atoms with E-state index in [9.17, 15) is 4.79 Å². The largest absolute Gasteiger partial charge is 0.352 e. The molecule has 1 aromatic heterocycles. The Hall–Kier alpha value is -2.88. The summed E-state index contributed by atoms with van der Waals surface area (Å²) in [5, 5.41) is 7.19. The summed E-state index contributed by atoms with van der Waals surface area (Å²) in [6.07, 6.45) is 2.65. The molecule has 24 heavy (non-hydrogen) atoms. The molecule has 0 aliphatic heterocycles. The van der Waals surface area contributed by atoms with Crippen molar-refractivity contribution in [1.82, 2.24) is 15.1 Å². The molecule has 0 atom stereocenters. The number of carbonyl (C=O) groups excluding carboxylic acids is 1. The number of hydrogen-bond donors (Lipinski definition) is 1. The summed E-state index contributed by atoms with van der Waals surface area (Å²) in [5.41, 5.74) is 4.09. The van der Waals surface area contributed by atoms with Crippen LogP contribution in [0.1, 0.15) is 22.5 Å². The van der Waals surface area contributed by atoms with Crippen LogP contribution < -0.4 is 5.32 Å². The van der Waals surface area contributed by atoms with Gasteiger partial charge in [-0.1, -0.05) is 42.5 Å².